The summed E-state index contributed by atoms with van der Waals surface area (Å²) in [6, 6.07) is 5.78. The van der Waals surface area contributed by atoms with Crippen LogP contribution in [0.1, 0.15) is 134 Å². The van der Waals surface area contributed by atoms with Crippen molar-refractivity contribution in [1.82, 2.24) is 0 Å². The number of aryl methyl sites for hydroxylation is 2. The third kappa shape index (κ3) is 22.8. The smallest absolute Gasteiger partial charge is 0.224 e. The van der Waals surface area contributed by atoms with E-state index in [2.05, 4.69) is 28.6 Å². The van der Waals surface area contributed by atoms with Gasteiger partial charge in [-0.25, -0.2) is 8.42 Å². The normalized spacial score (nSPS) is 16.3. The van der Waals surface area contributed by atoms with Gasteiger partial charge in [-0.3, -0.25) is 0 Å². The van der Waals surface area contributed by atoms with Gasteiger partial charge in [0.05, 0.1) is 36.2 Å². The monoisotopic (exact) mass is 695 g/mol. The summed E-state index contributed by atoms with van der Waals surface area (Å²) in [5.41, 5.74) is 3.11. The van der Waals surface area contributed by atoms with Gasteiger partial charge in [-0.05, 0) is 44.7 Å². The van der Waals surface area contributed by atoms with E-state index in [0.717, 1.165) is 58.0 Å². The molecule has 7 nitrogen and oxygen atoms in total. The van der Waals surface area contributed by atoms with Crippen molar-refractivity contribution < 1.29 is 31.7 Å². The lowest BCUT2D eigenvalue weighted by atomic mass is 10.0. The van der Waals surface area contributed by atoms with E-state index >= 15 is 0 Å². The lowest BCUT2D eigenvalue weighted by molar-refractivity contribution is -0.692. The molecule has 2 aromatic rings. The zero-order valence-corrected chi connectivity index (χ0v) is 31.2. The molecule has 1 aromatic heterocycles. The molecule has 0 N–H and O–H groups in total. The zero-order valence-electron chi connectivity index (χ0n) is 29.6. The Morgan fingerprint density at radius 2 is 1.32 bits per heavy atom. The van der Waals surface area contributed by atoms with E-state index in [4.69, 9.17) is 14.2 Å². The molecule has 0 saturated carbocycles. The molecule has 270 valence electrons. The van der Waals surface area contributed by atoms with Crippen molar-refractivity contribution in [3.05, 3.63) is 46.9 Å². The standard InChI is InChI=1S/C31H58NO3S.C7H8O3S/c1-2-3-4-5-6-7-8-9-10-11-12-13-15-18-22-33-26-30-25-31(35-27-30)28-34-23-19-16-14-17-20-32-21-24-36-29-32;1-6-2-4-7(5-3-6)11(8,9)10/h21,24,29-31H,2-20,22-23,25-28H2,1H3;2-5H,1H3,(H,8,9,10)/q+1;/p-1/t30-,31-;/m1./s1. The maximum absolute atomic E-state index is 10.4. The molecule has 0 aliphatic carbocycles. The Morgan fingerprint density at radius 3 is 1.85 bits per heavy atom. The summed E-state index contributed by atoms with van der Waals surface area (Å²) in [5.74, 6) is 0.555. The van der Waals surface area contributed by atoms with Crippen molar-refractivity contribution in [3.8, 4) is 0 Å². The summed E-state index contributed by atoms with van der Waals surface area (Å²) in [4.78, 5) is -0.178. The molecule has 3 rings (SSSR count). The van der Waals surface area contributed by atoms with E-state index in [0.29, 0.717) is 5.92 Å². The topological polar surface area (TPSA) is 88.8 Å². The van der Waals surface area contributed by atoms with E-state index in [-0.39, 0.29) is 11.0 Å². The van der Waals surface area contributed by atoms with Crippen LogP contribution >= 0.6 is 11.3 Å². The van der Waals surface area contributed by atoms with Gasteiger partial charge in [0.2, 0.25) is 5.51 Å². The summed E-state index contributed by atoms with van der Waals surface area (Å²) in [7, 11) is -4.27. The van der Waals surface area contributed by atoms with E-state index in [1.807, 2.05) is 6.92 Å². The minimum Gasteiger partial charge on any atom is -0.744 e. The fourth-order valence-electron chi connectivity index (χ4n) is 5.82. The number of hydrogen-bond acceptors (Lipinski definition) is 7. The fourth-order valence-corrected chi connectivity index (χ4v) is 6.92. The van der Waals surface area contributed by atoms with E-state index in [9.17, 15) is 13.0 Å². The summed E-state index contributed by atoms with van der Waals surface area (Å²) in [5, 5.41) is 2.14. The first-order valence-electron chi connectivity index (χ1n) is 18.6. The highest BCUT2D eigenvalue weighted by molar-refractivity contribution is 7.85. The second-order valence-electron chi connectivity index (χ2n) is 13.2. The summed E-state index contributed by atoms with van der Waals surface area (Å²) in [6.45, 7) is 9.49. The molecule has 1 aliphatic heterocycles. The number of thiazole rings is 1. The average Bonchev–Trinajstić information content (AvgIpc) is 3.75. The first-order chi connectivity index (χ1) is 22.9. The lowest BCUT2D eigenvalue weighted by Gasteiger charge is -2.11. The number of hydrogen-bond donors (Lipinski definition) is 0. The van der Waals surface area contributed by atoms with Crippen LogP contribution in [-0.2, 0) is 30.9 Å². The van der Waals surface area contributed by atoms with Gasteiger partial charge < -0.3 is 18.8 Å². The Hall–Kier alpha value is -1.36. The van der Waals surface area contributed by atoms with Crippen molar-refractivity contribution >= 4 is 21.5 Å². The Labute approximate surface area is 291 Å². The molecule has 1 saturated heterocycles. The maximum Gasteiger partial charge on any atom is 0.224 e. The van der Waals surface area contributed by atoms with Gasteiger partial charge in [-0.2, -0.15) is 4.57 Å². The number of unbranched alkanes of at least 4 members (excludes halogenated alkanes) is 16. The third-order valence-electron chi connectivity index (χ3n) is 8.76. The van der Waals surface area contributed by atoms with Crippen molar-refractivity contribution in [2.45, 2.75) is 153 Å². The Morgan fingerprint density at radius 1 is 0.787 bits per heavy atom. The van der Waals surface area contributed by atoms with Crippen molar-refractivity contribution in [1.29, 1.82) is 0 Å². The van der Waals surface area contributed by atoms with E-state index < -0.39 is 10.1 Å². The summed E-state index contributed by atoms with van der Waals surface area (Å²) < 4.78 is 51.2. The molecule has 47 heavy (non-hydrogen) atoms. The largest absolute Gasteiger partial charge is 0.744 e. The summed E-state index contributed by atoms with van der Waals surface area (Å²) in [6.07, 6.45) is 28.2. The number of rotatable bonds is 27. The highest BCUT2D eigenvalue weighted by atomic mass is 32.2. The van der Waals surface area contributed by atoms with Gasteiger partial charge in [0.1, 0.15) is 16.7 Å². The SMILES string of the molecule is CCCCCCCCCCCCCCCCOC[C@@H]1CO[C@@H](COCCCCCC[n+]2ccsc2)C1.Cc1ccc(S(=O)(=O)[O-])cc1. The van der Waals surface area contributed by atoms with E-state index in [1.54, 1.807) is 23.5 Å². The third-order valence-corrected chi connectivity index (χ3v) is 10.3. The minimum atomic E-state index is -4.27. The van der Waals surface area contributed by atoms with Crippen LogP contribution in [0.3, 0.4) is 0 Å². The molecule has 9 heteroatoms. The number of benzene rings is 1. The zero-order chi connectivity index (χ0) is 33.8. The first-order valence-corrected chi connectivity index (χ1v) is 20.9. The molecule has 0 unspecified atom stereocenters. The van der Waals surface area contributed by atoms with Crippen LogP contribution in [0.4, 0.5) is 0 Å². The predicted molar refractivity (Wildman–Crippen MR) is 192 cm³/mol. The molecule has 0 spiro atoms. The lowest BCUT2D eigenvalue weighted by Crippen LogP contribution is -2.29. The molecule has 0 amide bonds. The van der Waals surface area contributed by atoms with Gasteiger partial charge in [-0.1, -0.05) is 126 Å². The Balaban J connectivity index is 0.000000587. The second kappa shape index (κ2) is 27.5. The molecular weight excluding hydrogens is 631 g/mol. The van der Waals surface area contributed by atoms with Crippen LogP contribution in [0.25, 0.3) is 0 Å². The van der Waals surface area contributed by atoms with Crippen LogP contribution in [0.15, 0.2) is 46.2 Å². The number of aromatic nitrogens is 1. The average molecular weight is 696 g/mol. The van der Waals surface area contributed by atoms with Crippen molar-refractivity contribution in [2.75, 3.05) is 33.0 Å². The molecule has 0 radical (unpaired) electrons. The van der Waals surface area contributed by atoms with Crippen LogP contribution in [-0.4, -0.2) is 52.1 Å². The van der Waals surface area contributed by atoms with Gasteiger partial charge in [-0.15, -0.1) is 0 Å². The van der Waals surface area contributed by atoms with Crippen LogP contribution < -0.4 is 4.57 Å². The van der Waals surface area contributed by atoms with Crippen LogP contribution in [0.5, 0.6) is 0 Å². The van der Waals surface area contributed by atoms with Crippen LogP contribution in [0.2, 0.25) is 0 Å². The van der Waals surface area contributed by atoms with E-state index in [1.165, 1.54) is 121 Å². The van der Waals surface area contributed by atoms with Gasteiger partial charge in [0.25, 0.3) is 0 Å². The first kappa shape index (κ1) is 41.8. The Kier molecular flexibility index (Phi) is 24.4. The van der Waals surface area contributed by atoms with Crippen LogP contribution in [0, 0.1) is 12.8 Å². The number of nitrogens with zero attached hydrogens (tertiary/aromatic N) is 1. The quantitative estimate of drug-likeness (QED) is 0.0526. The second-order valence-corrected chi connectivity index (χ2v) is 15.4. The molecule has 1 aromatic carbocycles. The highest BCUT2D eigenvalue weighted by Crippen LogP contribution is 2.21. The molecule has 1 fully saturated rings. The highest BCUT2D eigenvalue weighted by Gasteiger charge is 2.25. The molecular formula is C38H65NO6S2. The number of ether oxygens (including phenoxy) is 3. The summed E-state index contributed by atoms with van der Waals surface area (Å²) >= 11 is 1.76. The fraction of sp³-hybridized carbons (Fsp3) is 0.763. The maximum atomic E-state index is 10.4. The predicted octanol–water partition coefficient (Wildman–Crippen LogP) is 9.41. The molecule has 1 aliphatic rings. The molecule has 2 heterocycles. The van der Waals surface area contributed by atoms with Crippen molar-refractivity contribution in [3.63, 3.8) is 0 Å². The van der Waals surface area contributed by atoms with Gasteiger partial charge >= 0.3 is 0 Å². The van der Waals surface area contributed by atoms with Gasteiger partial charge in [0, 0.05) is 25.6 Å². The van der Waals surface area contributed by atoms with Crippen molar-refractivity contribution in [2.24, 2.45) is 5.92 Å². The minimum absolute atomic E-state index is 0.178. The van der Waals surface area contributed by atoms with Gasteiger partial charge in [0.15, 0.2) is 6.20 Å². The Bertz CT molecular complexity index is 1080. The molecule has 0 bridgehead atoms. The molecule has 2 atom stereocenters.